The lowest BCUT2D eigenvalue weighted by Gasteiger charge is -2.22. The van der Waals surface area contributed by atoms with Gasteiger partial charge in [-0.3, -0.25) is 0 Å². The zero-order valence-electron chi connectivity index (χ0n) is 12.9. The topological polar surface area (TPSA) is 90.4 Å². The van der Waals surface area contributed by atoms with E-state index in [0.717, 1.165) is 24.7 Å². The van der Waals surface area contributed by atoms with Crippen LogP contribution in [0, 0.1) is 5.82 Å². The molecule has 1 amide bonds. The summed E-state index contributed by atoms with van der Waals surface area (Å²) >= 11 is 0. The van der Waals surface area contributed by atoms with Crippen molar-refractivity contribution in [1.82, 2.24) is 14.9 Å². The maximum atomic E-state index is 13.9. The number of aromatic nitrogens is 2. The van der Waals surface area contributed by atoms with Crippen LogP contribution >= 0.6 is 0 Å². The van der Waals surface area contributed by atoms with Gasteiger partial charge in [-0.15, -0.1) is 0 Å². The van der Waals surface area contributed by atoms with Gasteiger partial charge in [0.05, 0.1) is 12.2 Å². The van der Waals surface area contributed by atoms with E-state index in [9.17, 15) is 9.18 Å². The summed E-state index contributed by atoms with van der Waals surface area (Å²) < 4.78 is 13.9. The molecular weight excluding hydrogens is 313 g/mol. The van der Waals surface area contributed by atoms with E-state index in [1.54, 1.807) is 0 Å². The highest BCUT2D eigenvalue weighted by molar-refractivity contribution is 5.66. The molecule has 0 saturated carbocycles. The van der Waals surface area contributed by atoms with Crippen LogP contribution in [0.2, 0.25) is 0 Å². The second-order valence-electron chi connectivity index (χ2n) is 5.53. The molecule has 0 radical (unpaired) electrons. The minimum absolute atomic E-state index is 0.0562. The molecule has 126 valence electrons. The van der Waals surface area contributed by atoms with Gasteiger partial charge in [-0.05, 0) is 25.0 Å². The molecule has 1 aromatic heterocycles. The van der Waals surface area contributed by atoms with E-state index in [1.165, 1.54) is 4.90 Å². The molecule has 1 atom stereocenters. The van der Waals surface area contributed by atoms with Crippen LogP contribution in [0.4, 0.5) is 26.6 Å². The molecule has 1 aliphatic rings. The minimum Gasteiger partial charge on any atom is -0.465 e. The number of carboxylic acid groups (broad SMARTS) is 1. The van der Waals surface area contributed by atoms with E-state index >= 15 is 0 Å². The standard InChI is InChI=1S/C16H18FN5O2/c17-13-10-19-15(20-11-5-2-1-3-6-11)21-14(13)18-9-12-7-4-8-22(12)16(23)24/h1-3,5-6,10,12H,4,7-9H2,(H,23,24)(H2,18,19,20,21). The van der Waals surface area contributed by atoms with Gasteiger partial charge >= 0.3 is 6.09 Å². The van der Waals surface area contributed by atoms with Gasteiger partial charge in [-0.25, -0.2) is 14.2 Å². The molecule has 8 heteroatoms. The van der Waals surface area contributed by atoms with Crippen LogP contribution in [0.25, 0.3) is 0 Å². The van der Waals surface area contributed by atoms with Crippen LogP contribution in [0.1, 0.15) is 12.8 Å². The zero-order chi connectivity index (χ0) is 16.9. The van der Waals surface area contributed by atoms with Crippen LogP contribution in [0.3, 0.4) is 0 Å². The molecule has 0 aliphatic carbocycles. The average molecular weight is 331 g/mol. The summed E-state index contributed by atoms with van der Waals surface area (Å²) in [6.45, 7) is 0.819. The Bertz CT molecular complexity index is 713. The van der Waals surface area contributed by atoms with E-state index in [-0.39, 0.29) is 17.8 Å². The van der Waals surface area contributed by atoms with Crippen molar-refractivity contribution >= 4 is 23.5 Å². The van der Waals surface area contributed by atoms with Crippen LogP contribution in [0.5, 0.6) is 0 Å². The van der Waals surface area contributed by atoms with Gasteiger partial charge < -0.3 is 20.6 Å². The lowest BCUT2D eigenvalue weighted by Crippen LogP contribution is -2.38. The fourth-order valence-corrected chi connectivity index (χ4v) is 2.72. The third-order valence-corrected chi connectivity index (χ3v) is 3.90. The molecule has 1 unspecified atom stereocenters. The maximum Gasteiger partial charge on any atom is 0.407 e. The van der Waals surface area contributed by atoms with Crippen molar-refractivity contribution in [3.8, 4) is 0 Å². The first-order valence-corrected chi connectivity index (χ1v) is 7.71. The van der Waals surface area contributed by atoms with E-state index in [2.05, 4.69) is 20.6 Å². The number of carbonyl (C=O) groups is 1. The first-order chi connectivity index (χ1) is 11.6. The van der Waals surface area contributed by atoms with Crippen LogP contribution < -0.4 is 10.6 Å². The molecule has 1 aromatic carbocycles. The summed E-state index contributed by atoms with van der Waals surface area (Å²) in [4.78, 5) is 20.5. The molecule has 1 aliphatic heterocycles. The Balaban J connectivity index is 1.67. The number of nitrogens with zero attached hydrogens (tertiary/aromatic N) is 3. The van der Waals surface area contributed by atoms with Crippen LogP contribution in [0.15, 0.2) is 36.5 Å². The summed E-state index contributed by atoms with van der Waals surface area (Å²) in [5, 5.41) is 15.0. The highest BCUT2D eigenvalue weighted by Crippen LogP contribution is 2.20. The highest BCUT2D eigenvalue weighted by atomic mass is 19.1. The summed E-state index contributed by atoms with van der Waals surface area (Å²) in [6, 6.07) is 9.14. The van der Waals surface area contributed by atoms with Crippen molar-refractivity contribution in [1.29, 1.82) is 0 Å². The van der Waals surface area contributed by atoms with Crippen molar-refractivity contribution < 1.29 is 14.3 Å². The predicted molar refractivity (Wildman–Crippen MR) is 88.0 cm³/mol. The average Bonchev–Trinajstić information content (AvgIpc) is 3.05. The normalized spacial score (nSPS) is 16.9. The van der Waals surface area contributed by atoms with Gasteiger partial charge in [0, 0.05) is 18.8 Å². The number of halogens is 1. The third kappa shape index (κ3) is 3.70. The van der Waals surface area contributed by atoms with E-state index in [4.69, 9.17) is 5.11 Å². The monoisotopic (exact) mass is 331 g/mol. The van der Waals surface area contributed by atoms with Gasteiger partial charge in [0.2, 0.25) is 5.95 Å². The molecule has 3 rings (SSSR count). The number of para-hydroxylation sites is 1. The Morgan fingerprint density at radius 3 is 2.92 bits per heavy atom. The number of hydrogen-bond acceptors (Lipinski definition) is 5. The number of rotatable bonds is 5. The first-order valence-electron chi connectivity index (χ1n) is 7.71. The number of hydrogen-bond donors (Lipinski definition) is 3. The maximum absolute atomic E-state index is 13.9. The molecular formula is C16H18FN5O2. The second kappa shape index (κ2) is 7.12. The Labute approximate surface area is 138 Å². The smallest absolute Gasteiger partial charge is 0.407 e. The van der Waals surface area contributed by atoms with Crippen molar-refractivity contribution in [2.75, 3.05) is 23.7 Å². The molecule has 2 aromatic rings. The molecule has 3 N–H and O–H groups in total. The molecule has 7 nitrogen and oxygen atoms in total. The molecule has 1 fully saturated rings. The Hall–Kier alpha value is -2.90. The largest absolute Gasteiger partial charge is 0.465 e. The van der Waals surface area contributed by atoms with Gasteiger partial charge in [0.15, 0.2) is 11.6 Å². The third-order valence-electron chi connectivity index (χ3n) is 3.90. The van der Waals surface area contributed by atoms with Gasteiger partial charge in [0.25, 0.3) is 0 Å². The molecule has 2 heterocycles. The summed E-state index contributed by atoms with van der Waals surface area (Å²) in [5.74, 6) is -0.249. The van der Waals surface area contributed by atoms with Crippen molar-refractivity contribution in [2.24, 2.45) is 0 Å². The number of benzene rings is 1. The molecule has 0 bridgehead atoms. The number of likely N-dealkylation sites (tertiary alicyclic amines) is 1. The van der Waals surface area contributed by atoms with Gasteiger partial charge in [-0.2, -0.15) is 4.98 Å². The fraction of sp³-hybridized carbons (Fsp3) is 0.312. The van der Waals surface area contributed by atoms with Crippen molar-refractivity contribution in [3.05, 3.63) is 42.3 Å². The lowest BCUT2D eigenvalue weighted by molar-refractivity contribution is 0.142. The summed E-state index contributed by atoms with van der Waals surface area (Å²) in [5.41, 5.74) is 0.794. The predicted octanol–water partition coefficient (Wildman–Crippen LogP) is 2.91. The Kier molecular flexibility index (Phi) is 4.74. The highest BCUT2D eigenvalue weighted by Gasteiger charge is 2.28. The molecule has 1 saturated heterocycles. The molecule has 24 heavy (non-hydrogen) atoms. The first kappa shape index (κ1) is 16.0. The van der Waals surface area contributed by atoms with E-state index in [1.807, 2.05) is 30.3 Å². The van der Waals surface area contributed by atoms with Crippen molar-refractivity contribution in [2.45, 2.75) is 18.9 Å². The Morgan fingerprint density at radius 2 is 2.17 bits per heavy atom. The van der Waals surface area contributed by atoms with E-state index in [0.29, 0.717) is 13.1 Å². The minimum atomic E-state index is -0.950. The molecule has 0 spiro atoms. The SMILES string of the molecule is O=C(O)N1CCCC1CNc1nc(Nc2ccccc2)ncc1F. The lowest BCUT2D eigenvalue weighted by atomic mass is 10.2. The number of anilines is 3. The van der Waals surface area contributed by atoms with Crippen LogP contribution in [-0.4, -0.2) is 45.2 Å². The number of amides is 1. The quantitative estimate of drug-likeness (QED) is 0.780. The van der Waals surface area contributed by atoms with Crippen molar-refractivity contribution in [3.63, 3.8) is 0 Å². The fourth-order valence-electron chi connectivity index (χ4n) is 2.72. The zero-order valence-corrected chi connectivity index (χ0v) is 12.9. The summed E-state index contributed by atoms with van der Waals surface area (Å²) in [6.07, 6.45) is 1.70. The van der Waals surface area contributed by atoms with Crippen LogP contribution in [-0.2, 0) is 0 Å². The van der Waals surface area contributed by atoms with Gasteiger partial charge in [-0.1, -0.05) is 18.2 Å². The van der Waals surface area contributed by atoms with E-state index < -0.39 is 11.9 Å². The second-order valence-corrected chi connectivity index (χ2v) is 5.53. The summed E-state index contributed by atoms with van der Waals surface area (Å²) in [7, 11) is 0. The van der Waals surface area contributed by atoms with Gasteiger partial charge in [0.1, 0.15) is 0 Å². The Morgan fingerprint density at radius 1 is 1.38 bits per heavy atom. The number of nitrogens with one attached hydrogen (secondary N) is 2.